The van der Waals surface area contributed by atoms with Crippen LogP contribution in [0.3, 0.4) is 0 Å². The van der Waals surface area contributed by atoms with Gasteiger partial charge in [-0.15, -0.1) is 0 Å². The number of esters is 1. The minimum absolute atomic E-state index is 0.0472. The summed E-state index contributed by atoms with van der Waals surface area (Å²) in [7, 11) is 0. The number of nitrogens with zero attached hydrogens (tertiary/aromatic N) is 3. The van der Waals surface area contributed by atoms with E-state index < -0.39 is 16.9 Å². The van der Waals surface area contributed by atoms with Gasteiger partial charge in [0.1, 0.15) is 11.5 Å². The molecule has 5 aromatic rings. The summed E-state index contributed by atoms with van der Waals surface area (Å²) in [5, 5.41) is 11.2. The fourth-order valence-electron chi connectivity index (χ4n) is 5.34. The van der Waals surface area contributed by atoms with Crippen LogP contribution in [0.1, 0.15) is 55.2 Å². The Kier molecular flexibility index (Phi) is 8.70. The Morgan fingerprint density at radius 3 is 2.50 bits per heavy atom. The van der Waals surface area contributed by atoms with Crippen LogP contribution in [-0.4, -0.2) is 22.1 Å². The molecule has 46 heavy (non-hydrogen) atoms. The van der Waals surface area contributed by atoms with Crippen LogP contribution in [0.25, 0.3) is 23.1 Å². The van der Waals surface area contributed by atoms with E-state index >= 15 is 0 Å². The molecule has 6 rings (SSSR count). The number of rotatable bonds is 8. The van der Waals surface area contributed by atoms with Crippen LogP contribution < -0.4 is 14.9 Å². The Bertz CT molecular complexity index is 2180. The maximum atomic E-state index is 14.2. The quantitative estimate of drug-likeness (QED) is 0.0980. The van der Waals surface area contributed by atoms with Crippen molar-refractivity contribution < 1.29 is 18.9 Å². The predicted octanol–water partition coefficient (Wildman–Crippen LogP) is 6.99. The van der Waals surface area contributed by atoms with E-state index in [1.165, 1.54) is 23.5 Å². The first-order chi connectivity index (χ1) is 22.2. The van der Waals surface area contributed by atoms with E-state index in [4.69, 9.17) is 14.1 Å². The first-order valence-corrected chi connectivity index (χ1v) is 16.2. The minimum atomic E-state index is -0.780. The Hall–Kier alpha value is -4.87. The van der Waals surface area contributed by atoms with E-state index in [0.717, 1.165) is 16.7 Å². The lowest BCUT2D eigenvalue weighted by Crippen LogP contribution is -2.40. The van der Waals surface area contributed by atoms with Crippen molar-refractivity contribution in [3.8, 4) is 11.3 Å². The van der Waals surface area contributed by atoms with Gasteiger partial charge in [0.25, 0.3) is 11.2 Å². The fourth-order valence-corrected chi connectivity index (χ4v) is 6.88. The van der Waals surface area contributed by atoms with Crippen LogP contribution in [0.4, 0.5) is 5.69 Å². The fraction of sp³-hybridized carbons (Fsp3) is 0.171. The first-order valence-electron chi connectivity index (χ1n) is 14.6. The third-order valence-electron chi connectivity index (χ3n) is 7.62. The minimum Gasteiger partial charge on any atom is -0.463 e. The van der Waals surface area contributed by atoms with E-state index in [9.17, 15) is 19.7 Å². The number of fused-ring (bicyclic) bond motifs is 1. The molecule has 0 aliphatic carbocycles. The highest BCUT2D eigenvalue weighted by molar-refractivity contribution is 9.10. The number of nitro benzene ring substituents is 1. The smallest absolute Gasteiger partial charge is 0.338 e. The molecule has 0 bridgehead atoms. The molecule has 0 fully saturated rings. The van der Waals surface area contributed by atoms with Gasteiger partial charge in [-0.2, -0.15) is 0 Å². The number of nitro groups is 1. The summed E-state index contributed by atoms with van der Waals surface area (Å²) in [5.41, 5.74) is 3.61. The Labute approximate surface area is 276 Å². The van der Waals surface area contributed by atoms with Gasteiger partial charge in [0, 0.05) is 33.8 Å². The van der Waals surface area contributed by atoms with Gasteiger partial charge in [-0.25, -0.2) is 9.79 Å². The number of carbonyl (C=O) groups excluding carboxylic acids is 1. The highest BCUT2D eigenvalue weighted by Crippen LogP contribution is 2.36. The zero-order chi connectivity index (χ0) is 32.5. The number of benzene rings is 3. The monoisotopic (exact) mass is 697 g/mol. The van der Waals surface area contributed by atoms with Crippen LogP contribution in [0.15, 0.2) is 109 Å². The summed E-state index contributed by atoms with van der Waals surface area (Å²) in [5.74, 6) is 0.651. The average molecular weight is 699 g/mol. The standard InChI is InChI=1S/C35H28BrN3O6S/c1-4-44-34(41)30-31(22-8-6-5-7-9-22)37-35-38(32(30)23-12-10-21(11-13-23)20(2)3)33(40)29(46-35)19-25-15-17-28(45-25)26-16-14-24(39(42)43)18-27(26)36/h5-20,32H,4H2,1-3H3/b29-19-/t32-/m0/s1. The van der Waals surface area contributed by atoms with E-state index in [1.807, 2.05) is 54.6 Å². The van der Waals surface area contributed by atoms with E-state index in [-0.39, 0.29) is 23.4 Å². The summed E-state index contributed by atoms with van der Waals surface area (Å²) < 4.78 is 14.0. The Balaban J connectivity index is 1.53. The molecule has 0 saturated carbocycles. The van der Waals surface area contributed by atoms with Crippen LogP contribution in [-0.2, 0) is 9.53 Å². The maximum absolute atomic E-state index is 14.2. The van der Waals surface area contributed by atoms with Crippen LogP contribution in [0.5, 0.6) is 0 Å². The van der Waals surface area contributed by atoms with E-state index in [2.05, 4.69) is 29.8 Å². The van der Waals surface area contributed by atoms with Gasteiger partial charge in [0.15, 0.2) is 4.80 Å². The molecule has 1 aliphatic heterocycles. The highest BCUT2D eigenvalue weighted by atomic mass is 79.9. The number of ether oxygens (including phenoxy) is 1. The molecule has 232 valence electrons. The van der Waals surface area contributed by atoms with Gasteiger partial charge in [-0.1, -0.05) is 79.8 Å². The van der Waals surface area contributed by atoms with Crippen molar-refractivity contribution in [2.75, 3.05) is 6.61 Å². The van der Waals surface area contributed by atoms with Gasteiger partial charge in [-0.3, -0.25) is 19.5 Å². The third kappa shape index (κ3) is 5.91. The molecular formula is C35H28BrN3O6S. The number of hydrogen-bond acceptors (Lipinski definition) is 8. The van der Waals surface area contributed by atoms with Crippen molar-refractivity contribution in [3.05, 3.63) is 147 Å². The van der Waals surface area contributed by atoms with Gasteiger partial charge in [0.2, 0.25) is 0 Å². The van der Waals surface area contributed by atoms with Crippen molar-refractivity contribution in [2.24, 2.45) is 4.99 Å². The molecule has 3 heterocycles. The molecular weight excluding hydrogens is 670 g/mol. The molecule has 9 nitrogen and oxygen atoms in total. The van der Waals surface area contributed by atoms with Gasteiger partial charge in [-0.05, 0) is 58.1 Å². The number of non-ortho nitro benzene ring substituents is 1. The topological polar surface area (TPSA) is 117 Å². The number of carbonyl (C=O) groups is 1. The number of aromatic nitrogens is 1. The second-order valence-electron chi connectivity index (χ2n) is 10.9. The van der Waals surface area contributed by atoms with E-state index in [1.54, 1.807) is 35.8 Å². The number of hydrogen-bond donors (Lipinski definition) is 0. The first kappa shape index (κ1) is 31.1. The second-order valence-corrected chi connectivity index (χ2v) is 12.7. The number of thiazole rings is 1. The zero-order valence-corrected chi connectivity index (χ0v) is 27.5. The van der Waals surface area contributed by atoms with Gasteiger partial charge in [0.05, 0.1) is 33.4 Å². The Morgan fingerprint density at radius 2 is 1.85 bits per heavy atom. The highest BCUT2D eigenvalue weighted by Gasteiger charge is 2.35. The van der Waals surface area contributed by atoms with Crippen LogP contribution in [0.2, 0.25) is 0 Å². The molecule has 0 amide bonds. The summed E-state index contributed by atoms with van der Waals surface area (Å²) in [6, 6.07) is 24.4. The van der Waals surface area contributed by atoms with Crippen molar-refractivity contribution in [1.29, 1.82) is 0 Å². The predicted molar refractivity (Wildman–Crippen MR) is 180 cm³/mol. The lowest BCUT2D eigenvalue weighted by Gasteiger charge is -2.26. The maximum Gasteiger partial charge on any atom is 0.338 e. The van der Waals surface area contributed by atoms with Crippen molar-refractivity contribution >= 4 is 50.7 Å². The number of furan rings is 1. The second kappa shape index (κ2) is 12.9. The molecule has 3 aromatic carbocycles. The molecule has 0 unspecified atom stereocenters. The van der Waals surface area contributed by atoms with Crippen molar-refractivity contribution in [1.82, 2.24) is 4.57 Å². The molecule has 0 saturated heterocycles. The SMILES string of the molecule is CCOC(=O)C1=C(c2ccccc2)N=c2s/c(=C\c3ccc(-c4ccc([N+](=O)[O-])cc4Br)o3)c(=O)n2[C@H]1c1ccc(C(C)C)cc1. The molecule has 1 aliphatic rings. The van der Waals surface area contributed by atoms with Crippen LogP contribution in [0, 0.1) is 10.1 Å². The Morgan fingerprint density at radius 1 is 1.11 bits per heavy atom. The molecule has 0 spiro atoms. The molecule has 11 heteroatoms. The third-order valence-corrected chi connectivity index (χ3v) is 9.26. The largest absolute Gasteiger partial charge is 0.463 e. The zero-order valence-electron chi connectivity index (χ0n) is 25.1. The normalized spacial score (nSPS) is 14.7. The molecule has 1 atom stereocenters. The van der Waals surface area contributed by atoms with Gasteiger partial charge < -0.3 is 9.15 Å². The molecule has 0 radical (unpaired) electrons. The molecule has 0 N–H and O–H groups in total. The summed E-state index contributed by atoms with van der Waals surface area (Å²) in [6.07, 6.45) is 1.64. The summed E-state index contributed by atoms with van der Waals surface area (Å²) >= 11 is 4.59. The lowest BCUT2D eigenvalue weighted by atomic mass is 9.91. The summed E-state index contributed by atoms with van der Waals surface area (Å²) in [6.45, 7) is 6.13. The molecule has 2 aromatic heterocycles. The average Bonchev–Trinajstić information content (AvgIpc) is 3.64. The summed E-state index contributed by atoms with van der Waals surface area (Å²) in [4.78, 5) is 43.8. The van der Waals surface area contributed by atoms with Crippen LogP contribution >= 0.6 is 27.3 Å². The van der Waals surface area contributed by atoms with E-state index in [0.29, 0.717) is 42.5 Å². The lowest BCUT2D eigenvalue weighted by molar-refractivity contribution is -0.384. The van der Waals surface area contributed by atoms with Gasteiger partial charge >= 0.3 is 5.97 Å². The number of halogens is 1. The van der Waals surface area contributed by atoms with Crippen molar-refractivity contribution in [3.63, 3.8) is 0 Å². The van der Waals surface area contributed by atoms with Crippen molar-refractivity contribution in [2.45, 2.75) is 32.7 Å².